The quantitative estimate of drug-likeness (QED) is 0.706. The number of carbonyl (C=O) groups excluding carboxylic acids is 1. The van der Waals surface area contributed by atoms with Gasteiger partial charge in [-0.3, -0.25) is 4.79 Å². The highest BCUT2D eigenvalue weighted by Gasteiger charge is 2.21. The Morgan fingerprint density at radius 2 is 2.25 bits per heavy atom. The number of nitrogens with one attached hydrogen (secondary N) is 1. The first kappa shape index (κ1) is 9.67. The van der Waals surface area contributed by atoms with Crippen molar-refractivity contribution in [1.29, 1.82) is 0 Å². The lowest BCUT2D eigenvalue weighted by molar-refractivity contribution is 0.0734. The maximum Gasteiger partial charge on any atom is 0.284 e. The third kappa shape index (κ3) is 1.55. The van der Waals surface area contributed by atoms with Crippen LogP contribution in [0.3, 0.4) is 0 Å². The van der Waals surface area contributed by atoms with Crippen LogP contribution < -0.4 is 5.32 Å². The molecule has 0 saturated carbocycles. The normalized spacial score (nSPS) is 16.9. The molecule has 16 heavy (non-hydrogen) atoms. The average molecular weight is 238 g/mol. The first-order valence-electron chi connectivity index (χ1n) is 5.01. The average Bonchev–Trinajstić information content (AvgIpc) is 2.89. The van der Waals surface area contributed by atoms with Gasteiger partial charge in [0.05, 0.1) is 0 Å². The van der Waals surface area contributed by atoms with Crippen molar-refractivity contribution in [1.82, 2.24) is 30.0 Å². The number of hydrogen-bond acceptors (Lipinski definition) is 6. The molecule has 2 aromatic heterocycles. The van der Waals surface area contributed by atoms with E-state index >= 15 is 0 Å². The Morgan fingerprint density at radius 1 is 1.44 bits per heavy atom. The van der Waals surface area contributed by atoms with Crippen molar-refractivity contribution in [3.05, 3.63) is 11.3 Å². The second-order valence-corrected chi connectivity index (χ2v) is 4.46. The second kappa shape index (κ2) is 3.80. The van der Waals surface area contributed by atoms with E-state index in [4.69, 9.17) is 0 Å². The van der Waals surface area contributed by atoms with E-state index in [1.54, 1.807) is 0 Å². The zero-order valence-corrected chi connectivity index (χ0v) is 9.27. The summed E-state index contributed by atoms with van der Waals surface area (Å²) in [5, 5.41) is 15.4. The first-order valence-corrected chi connectivity index (χ1v) is 5.83. The molecule has 0 atom stereocenters. The van der Waals surface area contributed by atoms with Gasteiger partial charge in [-0.05, 0) is 0 Å². The van der Waals surface area contributed by atoms with Crippen LogP contribution in [0.25, 0.3) is 4.96 Å². The van der Waals surface area contributed by atoms with Crippen molar-refractivity contribution in [2.45, 2.75) is 0 Å². The zero-order valence-electron chi connectivity index (χ0n) is 8.46. The van der Waals surface area contributed by atoms with Gasteiger partial charge in [-0.25, -0.2) is 0 Å². The third-order valence-electron chi connectivity index (χ3n) is 2.47. The predicted octanol–water partition coefficient (Wildman–Crippen LogP) is -0.769. The van der Waals surface area contributed by atoms with Gasteiger partial charge in [-0.2, -0.15) is 4.52 Å². The van der Waals surface area contributed by atoms with Crippen LogP contribution in [0.1, 0.15) is 9.80 Å². The predicted molar refractivity (Wildman–Crippen MR) is 57.4 cm³/mol. The molecule has 1 aliphatic heterocycles. The molecule has 3 rings (SSSR count). The number of nitrogens with zero attached hydrogens (tertiary/aromatic N) is 5. The van der Waals surface area contributed by atoms with Crippen LogP contribution in [0, 0.1) is 0 Å². The summed E-state index contributed by atoms with van der Waals surface area (Å²) in [7, 11) is 0. The smallest absolute Gasteiger partial charge is 0.284 e. The standard InChI is InChI=1S/C8H10N6OS/c15-7(13-3-1-9-2-4-13)6-12-14-5-10-11-8(14)16-6/h5,9H,1-4H2. The maximum atomic E-state index is 12.1. The third-order valence-corrected chi connectivity index (χ3v) is 3.37. The molecular weight excluding hydrogens is 228 g/mol. The Hall–Kier alpha value is -1.54. The zero-order chi connectivity index (χ0) is 11.0. The van der Waals surface area contributed by atoms with Crippen molar-refractivity contribution in [2.24, 2.45) is 0 Å². The first-order chi connectivity index (χ1) is 7.84. The Kier molecular flexibility index (Phi) is 2.29. The van der Waals surface area contributed by atoms with Crippen molar-refractivity contribution < 1.29 is 4.79 Å². The summed E-state index contributed by atoms with van der Waals surface area (Å²) < 4.78 is 1.53. The monoisotopic (exact) mass is 238 g/mol. The van der Waals surface area contributed by atoms with E-state index in [9.17, 15) is 4.79 Å². The molecule has 7 nitrogen and oxygen atoms in total. The molecule has 2 aromatic rings. The van der Waals surface area contributed by atoms with Crippen molar-refractivity contribution in [3.8, 4) is 0 Å². The Balaban J connectivity index is 1.86. The van der Waals surface area contributed by atoms with E-state index in [2.05, 4.69) is 20.6 Å². The van der Waals surface area contributed by atoms with Gasteiger partial charge in [0.1, 0.15) is 6.33 Å². The van der Waals surface area contributed by atoms with Gasteiger partial charge in [-0.1, -0.05) is 11.3 Å². The van der Waals surface area contributed by atoms with Crippen LogP contribution in [-0.2, 0) is 0 Å². The molecule has 8 heteroatoms. The number of fused-ring (bicyclic) bond motifs is 1. The molecule has 1 aliphatic rings. The van der Waals surface area contributed by atoms with Crippen LogP contribution in [0.2, 0.25) is 0 Å². The van der Waals surface area contributed by atoms with Crippen molar-refractivity contribution >= 4 is 22.2 Å². The van der Waals surface area contributed by atoms with Crippen LogP contribution in [0.5, 0.6) is 0 Å². The van der Waals surface area contributed by atoms with Gasteiger partial charge < -0.3 is 10.2 Å². The molecule has 0 spiro atoms. The minimum absolute atomic E-state index is 0.0167. The van der Waals surface area contributed by atoms with E-state index in [0.29, 0.717) is 9.97 Å². The highest BCUT2D eigenvalue weighted by Crippen LogP contribution is 2.14. The SMILES string of the molecule is O=C(c1nn2cnnc2s1)N1CCNCC1. The number of hydrogen-bond donors (Lipinski definition) is 1. The van der Waals surface area contributed by atoms with Crippen molar-refractivity contribution in [2.75, 3.05) is 26.2 Å². The van der Waals surface area contributed by atoms with E-state index in [0.717, 1.165) is 26.2 Å². The fourth-order valence-electron chi connectivity index (χ4n) is 1.65. The van der Waals surface area contributed by atoms with Gasteiger partial charge in [0.25, 0.3) is 5.91 Å². The van der Waals surface area contributed by atoms with Gasteiger partial charge in [0.15, 0.2) is 0 Å². The molecule has 0 radical (unpaired) electrons. The number of rotatable bonds is 1. The Labute approximate surface area is 95.1 Å². The number of piperazine rings is 1. The summed E-state index contributed by atoms with van der Waals surface area (Å²) in [6.07, 6.45) is 1.50. The Morgan fingerprint density at radius 3 is 3.00 bits per heavy atom. The van der Waals surface area contributed by atoms with Crippen molar-refractivity contribution in [3.63, 3.8) is 0 Å². The molecule has 1 fully saturated rings. The fraction of sp³-hybridized carbons (Fsp3) is 0.500. The largest absolute Gasteiger partial charge is 0.334 e. The minimum atomic E-state index is -0.0167. The van der Waals surface area contributed by atoms with Crippen LogP contribution in [0.4, 0.5) is 0 Å². The second-order valence-electron chi connectivity index (χ2n) is 3.51. The number of carbonyl (C=O) groups is 1. The van der Waals surface area contributed by atoms with E-state index in [1.807, 2.05) is 4.90 Å². The lowest BCUT2D eigenvalue weighted by Crippen LogP contribution is -2.46. The molecular formula is C8H10N6OS. The van der Waals surface area contributed by atoms with E-state index in [-0.39, 0.29) is 5.91 Å². The fourth-order valence-corrected chi connectivity index (χ4v) is 2.44. The van der Waals surface area contributed by atoms with Crippen LogP contribution in [0.15, 0.2) is 6.33 Å². The van der Waals surface area contributed by atoms with Crippen LogP contribution in [-0.4, -0.2) is 56.8 Å². The lowest BCUT2D eigenvalue weighted by Gasteiger charge is -2.26. The van der Waals surface area contributed by atoms with E-state index in [1.165, 1.54) is 22.2 Å². The van der Waals surface area contributed by atoms with Gasteiger partial charge in [0, 0.05) is 26.2 Å². The van der Waals surface area contributed by atoms with E-state index < -0.39 is 0 Å². The summed E-state index contributed by atoms with van der Waals surface area (Å²) in [6.45, 7) is 3.16. The molecule has 0 unspecified atom stereocenters. The lowest BCUT2D eigenvalue weighted by atomic mass is 10.3. The summed E-state index contributed by atoms with van der Waals surface area (Å²) in [5.74, 6) is -0.0167. The number of amides is 1. The summed E-state index contributed by atoms with van der Waals surface area (Å²) >= 11 is 1.27. The van der Waals surface area contributed by atoms with Crippen LogP contribution >= 0.6 is 11.3 Å². The van der Waals surface area contributed by atoms with Gasteiger partial charge in [0.2, 0.25) is 9.97 Å². The molecule has 0 bridgehead atoms. The summed E-state index contributed by atoms with van der Waals surface area (Å²) in [5.41, 5.74) is 0. The van der Waals surface area contributed by atoms with Gasteiger partial charge in [-0.15, -0.1) is 15.3 Å². The highest BCUT2D eigenvalue weighted by atomic mass is 32.1. The summed E-state index contributed by atoms with van der Waals surface area (Å²) in [6, 6.07) is 0. The summed E-state index contributed by atoms with van der Waals surface area (Å²) in [4.78, 5) is 14.5. The molecule has 0 aromatic carbocycles. The molecule has 1 saturated heterocycles. The molecule has 3 heterocycles. The van der Waals surface area contributed by atoms with Gasteiger partial charge >= 0.3 is 0 Å². The number of aromatic nitrogens is 4. The topological polar surface area (TPSA) is 75.4 Å². The molecule has 84 valence electrons. The maximum absolute atomic E-state index is 12.1. The molecule has 1 N–H and O–H groups in total. The molecule has 1 amide bonds. The molecule has 0 aliphatic carbocycles. The minimum Gasteiger partial charge on any atom is -0.334 e. The Bertz CT molecular complexity index is 485. The highest BCUT2D eigenvalue weighted by molar-refractivity contribution is 7.18.